The molecule has 0 radical (unpaired) electrons. The van der Waals surface area contributed by atoms with Crippen LogP contribution >= 0.6 is 0 Å². The third-order valence-electron chi connectivity index (χ3n) is 4.24. The van der Waals surface area contributed by atoms with Crippen LogP contribution in [0.1, 0.15) is 22.8 Å². The van der Waals surface area contributed by atoms with Gasteiger partial charge in [0.2, 0.25) is 0 Å². The van der Waals surface area contributed by atoms with Gasteiger partial charge in [0.15, 0.2) is 0 Å². The molecule has 2 rings (SSSR count). The third-order valence-corrected chi connectivity index (χ3v) is 4.24. The number of hydrogen-bond acceptors (Lipinski definition) is 10. The van der Waals surface area contributed by atoms with Crippen LogP contribution in [0, 0.1) is 20.2 Å². The van der Waals surface area contributed by atoms with Crippen LogP contribution in [0.4, 0.5) is 11.4 Å². The fourth-order valence-electron chi connectivity index (χ4n) is 2.95. The number of esters is 2. The van der Waals surface area contributed by atoms with E-state index in [0.717, 1.165) is 19.2 Å². The number of nitrogens with one attached hydrogen (secondary N) is 1. The molecule has 0 aliphatic carbocycles. The minimum Gasteiger partial charge on any atom is -0.465 e. The van der Waals surface area contributed by atoms with Crippen molar-refractivity contribution in [1.29, 1.82) is 0 Å². The number of non-ortho nitro benzene ring substituents is 1. The Labute approximate surface area is 159 Å². The number of piperazine rings is 1. The van der Waals surface area contributed by atoms with E-state index in [1.807, 2.05) is 0 Å². The SMILES string of the molecule is CCOC(=O)C1CN(Cc2c(C(=O)OC)cc([N+](=O)[O-])cc2[N+](=O)[O-])CCN1. The zero-order valence-electron chi connectivity index (χ0n) is 15.4. The van der Waals surface area contributed by atoms with Crippen molar-refractivity contribution < 1.29 is 28.9 Å². The van der Waals surface area contributed by atoms with Gasteiger partial charge in [-0.1, -0.05) is 0 Å². The van der Waals surface area contributed by atoms with Crippen LogP contribution in [0.25, 0.3) is 0 Å². The van der Waals surface area contributed by atoms with Gasteiger partial charge in [0.1, 0.15) is 6.04 Å². The Balaban J connectivity index is 2.40. The van der Waals surface area contributed by atoms with E-state index in [4.69, 9.17) is 4.74 Å². The second-order valence-electron chi connectivity index (χ2n) is 5.99. The van der Waals surface area contributed by atoms with Gasteiger partial charge in [-0.05, 0) is 6.92 Å². The lowest BCUT2D eigenvalue weighted by molar-refractivity contribution is -0.394. The highest BCUT2D eigenvalue weighted by atomic mass is 16.6. The van der Waals surface area contributed by atoms with Crippen molar-refractivity contribution >= 4 is 23.3 Å². The predicted octanol–water partition coefficient (Wildman–Crippen LogP) is 0.626. The molecule has 0 amide bonds. The summed E-state index contributed by atoms with van der Waals surface area (Å²) >= 11 is 0. The van der Waals surface area contributed by atoms with E-state index >= 15 is 0 Å². The third kappa shape index (κ3) is 4.78. The number of hydrogen-bond donors (Lipinski definition) is 1. The topological polar surface area (TPSA) is 154 Å². The lowest BCUT2D eigenvalue weighted by atomic mass is 10.0. The van der Waals surface area contributed by atoms with Crippen molar-refractivity contribution in [3.63, 3.8) is 0 Å². The number of nitrogens with zero attached hydrogens (tertiary/aromatic N) is 3. The first-order valence-corrected chi connectivity index (χ1v) is 8.44. The first kappa shape index (κ1) is 21.2. The van der Waals surface area contributed by atoms with Crippen LogP contribution in [0.5, 0.6) is 0 Å². The highest BCUT2D eigenvalue weighted by Gasteiger charge is 2.32. The van der Waals surface area contributed by atoms with Crippen molar-refractivity contribution in [3.8, 4) is 0 Å². The summed E-state index contributed by atoms with van der Waals surface area (Å²) in [5.74, 6) is -1.36. The average molecular weight is 396 g/mol. The number of ether oxygens (including phenoxy) is 2. The summed E-state index contributed by atoms with van der Waals surface area (Å²) in [5, 5.41) is 25.6. The van der Waals surface area contributed by atoms with Gasteiger partial charge in [0.25, 0.3) is 11.4 Å². The van der Waals surface area contributed by atoms with Gasteiger partial charge in [-0.15, -0.1) is 0 Å². The highest BCUT2D eigenvalue weighted by molar-refractivity contribution is 5.93. The Hall–Kier alpha value is -3.12. The number of methoxy groups -OCH3 is 1. The Morgan fingerprint density at radius 1 is 1.29 bits per heavy atom. The van der Waals surface area contributed by atoms with Gasteiger partial charge in [-0.25, -0.2) is 4.79 Å². The molecule has 1 aliphatic heterocycles. The molecular formula is C16H20N4O8. The molecule has 0 spiro atoms. The number of carbonyl (C=O) groups is 2. The van der Waals surface area contributed by atoms with Gasteiger partial charge in [0.05, 0.1) is 40.8 Å². The van der Waals surface area contributed by atoms with Gasteiger partial charge in [-0.2, -0.15) is 0 Å². The lowest BCUT2D eigenvalue weighted by Crippen LogP contribution is -2.54. The summed E-state index contributed by atoms with van der Waals surface area (Å²) in [7, 11) is 1.08. The maximum absolute atomic E-state index is 12.1. The Bertz CT molecular complexity index is 797. The van der Waals surface area contributed by atoms with E-state index in [9.17, 15) is 29.8 Å². The summed E-state index contributed by atoms with van der Waals surface area (Å²) in [6.45, 7) is 2.92. The van der Waals surface area contributed by atoms with Crippen molar-refractivity contribution in [3.05, 3.63) is 43.5 Å². The molecule has 1 heterocycles. The van der Waals surface area contributed by atoms with Gasteiger partial charge in [-0.3, -0.25) is 29.9 Å². The second-order valence-corrected chi connectivity index (χ2v) is 5.99. The van der Waals surface area contributed by atoms with E-state index < -0.39 is 39.2 Å². The van der Waals surface area contributed by atoms with Crippen molar-refractivity contribution in [2.45, 2.75) is 19.5 Å². The molecule has 12 nitrogen and oxygen atoms in total. The van der Waals surface area contributed by atoms with Gasteiger partial charge < -0.3 is 14.8 Å². The minimum absolute atomic E-state index is 0.00745. The molecule has 12 heteroatoms. The molecule has 0 saturated carbocycles. The molecule has 1 atom stereocenters. The standard InChI is InChI=1S/C16H20N4O8/c1-3-28-16(22)13-9-18(5-4-17-13)8-12-11(15(21)27-2)6-10(19(23)24)7-14(12)20(25)26/h6-7,13,17H,3-5,8-9H2,1-2H3. The zero-order valence-corrected chi connectivity index (χ0v) is 15.4. The molecule has 1 aromatic rings. The maximum Gasteiger partial charge on any atom is 0.338 e. The molecule has 1 N–H and O–H groups in total. The second kappa shape index (κ2) is 9.19. The Kier molecular flexibility index (Phi) is 6.95. The number of nitro groups is 2. The molecular weight excluding hydrogens is 376 g/mol. The molecule has 0 bridgehead atoms. The molecule has 1 unspecified atom stereocenters. The highest BCUT2D eigenvalue weighted by Crippen LogP contribution is 2.30. The molecule has 28 heavy (non-hydrogen) atoms. The smallest absolute Gasteiger partial charge is 0.338 e. The number of rotatable bonds is 7. The zero-order chi connectivity index (χ0) is 20.8. The Morgan fingerprint density at radius 3 is 2.57 bits per heavy atom. The van der Waals surface area contributed by atoms with E-state index in [1.165, 1.54) is 0 Å². The van der Waals surface area contributed by atoms with E-state index in [2.05, 4.69) is 10.1 Å². The number of carbonyl (C=O) groups excluding carboxylic acids is 2. The summed E-state index contributed by atoms with van der Waals surface area (Å²) in [6, 6.07) is 1.15. The van der Waals surface area contributed by atoms with Crippen LogP contribution in [0.15, 0.2) is 12.1 Å². The lowest BCUT2D eigenvalue weighted by Gasteiger charge is -2.32. The summed E-state index contributed by atoms with van der Waals surface area (Å²) in [6.07, 6.45) is 0. The van der Waals surface area contributed by atoms with Crippen molar-refractivity contribution in [2.75, 3.05) is 33.4 Å². The number of benzene rings is 1. The largest absolute Gasteiger partial charge is 0.465 e. The molecule has 0 aromatic heterocycles. The summed E-state index contributed by atoms with van der Waals surface area (Å²) < 4.78 is 9.62. The Morgan fingerprint density at radius 2 is 2.00 bits per heavy atom. The van der Waals surface area contributed by atoms with Gasteiger partial charge in [0, 0.05) is 32.2 Å². The summed E-state index contributed by atoms with van der Waals surface area (Å²) in [4.78, 5) is 46.8. The molecule has 152 valence electrons. The fraction of sp³-hybridized carbons (Fsp3) is 0.500. The maximum atomic E-state index is 12.1. The van der Waals surface area contributed by atoms with Crippen LogP contribution in [0.3, 0.4) is 0 Å². The molecule has 1 saturated heterocycles. The first-order chi connectivity index (χ1) is 13.3. The minimum atomic E-state index is -0.918. The van der Waals surface area contributed by atoms with Crippen LogP contribution in [0.2, 0.25) is 0 Å². The normalized spacial score (nSPS) is 17.0. The van der Waals surface area contributed by atoms with Crippen molar-refractivity contribution in [1.82, 2.24) is 10.2 Å². The van der Waals surface area contributed by atoms with E-state index in [-0.39, 0.29) is 30.8 Å². The van der Waals surface area contributed by atoms with Crippen LogP contribution in [-0.4, -0.2) is 66.1 Å². The number of nitro benzene ring substituents is 2. The van der Waals surface area contributed by atoms with E-state index in [0.29, 0.717) is 13.1 Å². The molecule has 1 aromatic carbocycles. The monoisotopic (exact) mass is 396 g/mol. The van der Waals surface area contributed by atoms with Crippen LogP contribution < -0.4 is 5.32 Å². The van der Waals surface area contributed by atoms with Gasteiger partial charge >= 0.3 is 11.9 Å². The first-order valence-electron chi connectivity index (χ1n) is 8.44. The molecule has 1 fully saturated rings. The average Bonchev–Trinajstić information content (AvgIpc) is 2.67. The predicted molar refractivity (Wildman–Crippen MR) is 94.8 cm³/mol. The van der Waals surface area contributed by atoms with Crippen molar-refractivity contribution in [2.24, 2.45) is 0 Å². The van der Waals surface area contributed by atoms with E-state index in [1.54, 1.807) is 11.8 Å². The van der Waals surface area contributed by atoms with Crippen LogP contribution in [-0.2, 0) is 20.8 Å². The quantitative estimate of drug-likeness (QED) is 0.394. The summed E-state index contributed by atoms with van der Waals surface area (Å²) in [5.41, 5.74) is -1.40. The fourth-order valence-corrected chi connectivity index (χ4v) is 2.95. The molecule has 1 aliphatic rings.